The zero-order valence-corrected chi connectivity index (χ0v) is 43.1. The summed E-state index contributed by atoms with van der Waals surface area (Å²) in [5, 5.41) is 13.2. The predicted octanol–water partition coefficient (Wildman–Crippen LogP) is 13.6. The Kier molecular flexibility index (Phi) is 18.9. The van der Waals surface area contributed by atoms with Gasteiger partial charge in [-0.25, -0.2) is 0 Å². The molecule has 0 aliphatic heterocycles. The first kappa shape index (κ1) is 51.3. The van der Waals surface area contributed by atoms with Crippen molar-refractivity contribution in [1.29, 1.82) is 0 Å². The number of hydrogen-bond acceptors (Lipinski definition) is 0. The van der Waals surface area contributed by atoms with E-state index in [1.807, 2.05) is 84.9 Å². The van der Waals surface area contributed by atoms with E-state index in [-0.39, 0.29) is 44.8 Å². The van der Waals surface area contributed by atoms with Crippen molar-refractivity contribution in [3.8, 4) is 34.1 Å². The maximum Gasteiger partial charge on any atom is 1.00 e. The molecule has 0 radical (unpaired) electrons. The number of rotatable bonds is 8. The Morgan fingerprint density at radius 2 is 0.500 bits per heavy atom. The van der Waals surface area contributed by atoms with Crippen molar-refractivity contribution in [2.24, 2.45) is 0 Å². The second-order valence-electron chi connectivity index (χ2n) is 16.2. The van der Waals surface area contributed by atoms with Gasteiger partial charge < -0.3 is 12.8 Å². The van der Waals surface area contributed by atoms with E-state index in [1.165, 1.54) is 64.9 Å². The van der Waals surface area contributed by atoms with E-state index >= 15 is 0 Å². The Hall–Kier alpha value is -6.60. The van der Waals surface area contributed by atoms with Crippen molar-refractivity contribution < 1.29 is 44.8 Å². The molecule has 342 valence electrons. The summed E-state index contributed by atoms with van der Waals surface area (Å²) in [6, 6.07) is 98.4. The first-order valence-corrected chi connectivity index (χ1v) is 25.8. The number of benzene rings is 11. The van der Waals surface area contributed by atoms with Crippen molar-refractivity contribution in [3.05, 3.63) is 303 Å². The van der Waals surface area contributed by atoms with Gasteiger partial charge in [0.1, 0.15) is 47.7 Å². The van der Waals surface area contributed by atoms with Gasteiger partial charge in [-0.15, -0.1) is 23.3 Å². The molecule has 0 saturated carbocycles. The Balaban J connectivity index is 0.000000163. The van der Waals surface area contributed by atoms with Crippen LogP contribution in [0, 0.1) is 24.7 Å². The topological polar surface area (TPSA) is 0 Å². The van der Waals surface area contributed by atoms with E-state index in [2.05, 4.69) is 206 Å². The fourth-order valence-corrected chi connectivity index (χ4v) is 14.9. The number of fused-ring (bicyclic) bond motifs is 2. The molecule has 0 aromatic heterocycles. The van der Waals surface area contributed by atoms with E-state index < -0.39 is 15.8 Å². The Labute approximate surface area is 447 Å². The van der Waals surface area contributed by atoms with Crippen LogP contribution in [-0.2, 0) is 44.8 Å². The molecule has 11 aromatic rings. The summed E-state index contributed by atoms with van der Waals surface area (Å²) in [6.07, 6.45) is 14.7. The first-order valence-electron chi connectivity index (χ1n) is 22.8. The van der Waals surface area contributed by atoms with Crippen LogP contribution < -0.4 is 31.8 Å². The van der Waals surface area contributed by atoms with Crippen molar-refractivity contribution >= 4 is 69.2 Å². The zero-order chi connectivity index (χ0) is 46.3. The fourth-order valence-electron chi connectivity index (χ4n) is 8.87. The van der Waals surface area contributed by atoms with E-state index in [0.717, 1.165) is 21.9 Å². The molecule has 0 N–H and O–H groups in total. The van der Waals surface area contributed by atoms with Crippen LogP contribution in [0.5, 0.6) is 0 Å². The molecule has 0 amide bonds. The van der Waals surface area contributed by atoms with Gasteiger partial charge in [0.25, 0.3) is 0 Å². The minimum absolute atomic E-state index is 0. The van der Waals surface area contributed by atoms with Crippen LogP contribution >= 0.6 is 15.8 Å². The molecule has 0 saturated heterocycles. The van der Waals surface area contributed by atoms with Gasteiger partial charge in [-0.3, -0.25) is 11.8 Å². The van der Waals surface area contributed by atoms with E-state index in [9.17, 15) is 0 Å². The van der Waals surface area contributed by atoms with Gasteiger partial charge >= 0.3 is 44.8 Å². The predicted molar refractivity (Wildman–Crippen MR) is 298 cm³/mol. The summed E-state index contributed by atoms with van der Waals surface area (Å²) in [5.74, 6) is 5.00. The Bertz CT molecular complexity index is 3150. The average Bonchev–Trinajstić information content (AvgIpc) is 3.43. The maximum atomic E-state index is 7.35. The van der Waals surface area contributed by atoms with Crippen molar-refractivity contribution in [1.82, 2.24) is 0 Å². The minimum Gasteiger partial charge on any atom is -0.366 e. The van der Waals surface area contributed by atoms with Gasteiger partial charge in [0.05, 0.1) is 0 Å². The molecule has 0 fully saturated rings. The van der Waals surface area contributed by atoms with Crippen LogP contribution in [-0.4, -0.2) is 0 Å². The third-order valence-corrected chi connectivity index (χ3v) is 17.8. The van der Waals surface area contributed by atoms with Crippen LogP contribution in [0.1, 0.15) is 11.1 Å². The summed E-state index contributed by atoms with van der Waals surface area (Å²) in [5.41, 5.74) is 6.47. The van der Waals surface area contributed by atoms with Crippen LogP contribution in [0.4, 0.5) is 0 Å². The molecular formula is C66H48Ag2P2+2. The van der Waals surface area contributed by atoms with Gasteiger partial charge in [-0.2, -0.15) is 0 Å². The largest absolute Gasteiger partial charge is 1.00 e. The second-order valence-corrected chi connectivity index (χ2v) is 21.0. The third kappa shape index (κ3) is 12.0. The molecule has 70 heavy (non-hydrogen) atoms. The van der Waals surface area contributed by atoms with Crippen molar-refractivity contribution in [2.75, 3.05) is 0 Å². The van der Waals surface area contributed by atoms with Crippen LogP contribution in [0.2, 0.25) is 0 Å². The second kappa shape index (κ2) is 25.8. The molecule has 4 heteroatoms. The molecule has 0 aliphatic carbocycles. The summed E-state index contributed by atoms with van der Waals surface area (Å²) in [4.78, 5) is 0. The molecule has 0 atom stereocenters. The molecule has 0 heterocycles. The Morgan fingerprint density at radius 3 is 0.800 bits per heavy atom. The van der Waals surface area contributed by atoms with Crippen LogP contribution in [0.15, 0.2) is 279 Å². The number of hydrogen-bond donors (Lipinski definition) is 0. The van der Waals surface area contributed by atoms with E-state index in [1.54, 1.807) is 0 Å². The average molecular weight is 1120 g/mol. The van der Waals surface area contributed by atoms with E-state index in [4.69, 9.17) is 12.8 Å². The first-order chi connectivity index (χ1) is 33.7. The van der Waals surface area contributed by atoms with Crippen LogP contribution in [0.3, 0.4) is 0 Å². The van der Waals surface area contributed by atoms with Crippen LogP contribution in [0.25, 0.3) is 43.8 Å². The summed E-state index contributed by atoms with van der Waals surface area (Å²) < 4.78 is 0. The summed E-state index contributed by atoms with van der Waals surface area (Å²) in [6.45, 7) is 0. The molecule has 0 unspecified atom stereocenters. The molecule has 11 aromatic carbocycles. The van der Waals surface area contributed by atoms with Crippen molar-refractivity contribution in [2.45, 2.75) is 0 Å². The van der Waals surface area contributed by atoms with Crippen molar-refractivity contribution in [3.63, 3.8) is 0 Å². The molecule has 0 aliphatic rings. The Morgan fingerprint density at radius 1 is 0.243 bits per heavy atom. The summed E-state index contributed by atoms with van der Waals surface area (Å²) in [7, 11) is -2.28. The maximum absolute atomic E-state index is 7.35. The summed E-state index contributed by atoms with van der Waals surface area (Å²) >= 11 is 0. The molecule has 0 bridgehead atoms. The smallest absolute Gasteiger partial charge is 0.366 e. The molecule has 0 spiro atoms. The monoisotopic (exact) mass is 1120 g/mol. The molecule has 0 nitrogen and oxygen atoms in total. The zero-order valence-electron chi connectivity index (χ0n) is 38.2. The normalized spacial score (nSPS) is 10.3. The molecule has 11 rings (SSSR count). The van der Waals surface area contributed by atoms with Gasteiger partial charge in [0.15, 0.2) is 0 Å². The minimum atomic E-state index is -1.14. The van der Waals surface area contributed by atoms with Gasteiger partial charge in [-0.05, 0) is 93.7 Å². The van der Waals surface area contributed by atoms with E-state index in [0.29, 0.717) is 0 Å². The quantitative estimate of drug-likeness (QED) is 0.0616. The standard InChI is InChI=1S/C30H24P2.2C18H11.2Ag/c1-5-15-25(16-6-1)31(26-17-7-2-8-18-26)29-23-13-14-24-30(29)32(27-19-9-3-10-20-27)28-21-11-4-12-22-28;2*1-2-14-10-6-13-18-16(14)11-7-12-17(18)15-8-4-3-5-9-15;;/h1-24H;2*3-13H;;/q;2*-1;2*+1/p+2. The van der Waals surface area contributed by atoms with Gasteiger partial charge in [-0.1, -0.05) is 217 Å². The van der Waals surface area contributed by atoms with Gasteiger partial charge in [0, 0.05) is 0 Å². The SMILES string of the molecule is [Ag+].[Ag+].[C-]#Cc1cccc2c(-c3ccccc3)cccc12.[C-]#Cc1cccc2c(-c3ccccc3)cccc12.c1ccc([PH+](c2ccccc2)c2ccccc2[PH+](c2ccccc2)c2ccccc2)cc1. The third-order valence-electron chi connectivity index (χ3n) is 12.0. The molecular weight excluding hydrogens is 1070 g/mol. The van der Waals surface area contributed by atoms with Gasteiger partial charge in [0.2, 0.25) is 0 Å². The fraction of sp³-hybridized carbons (Fsp3) is 0.